The molecular weight excluding hydrogens is 318 g/mol. The largest absolute Gasteiger partial charge is 0.388 e. The highest BCUT2D eigenvalue weighted by Gasteiger charge is 2.24. The van der Waals surface area contributed by atoms with E-state index in [1.54, 1.807) is 26.2 Å². The van der Waals surface area contributed by atoms with Gasteiger partial charge in [0.15, 0.2) is 0 Å². The smallest absolute Gasteiger partial charge is 0.242 e. The molecule has 6 nitrogen and oxygen atoms in total. The maximum Gasteiger partial charge on any atom is 0.242 e. The molecule has 0 aliphatic carbocycles. The molecule has 0 atom stereocenters. The molecule has 25 heavy (non-hydrogen) atoms. The number of rotatable bonds is 3. The summed E-state index contributed by atoms with van der Waals surface area (Å²) >= 11 is 0. The fraction of sp³-hybridized carbons (Fsp3) is 0.474. The molecule has 0 fully saturated rings. The number of likely N-dealkylation sites (N-methyl/N-ethyl adjacent to an activating group) is 1. The number of carbonyl (C=O) groups excluding carboxylic acids is 2. The summed E-state index contributed by atoms with van der Waals surface area (Å²) in [5, 5.41) is 1.25. The van der Waals surface area contributed by atoms with E-state index in [9.17, 15) is 9.59 Å². The SMILES string of the molecule is CC.CN(C=O)CC(=O)N1CCc2c([nH]c3ccccc23)C1.COC. The van der Waals surface area contributed by atoms with Crippen molar-refractivity contribution in [1.29, 1.82) is 0 Å². The van der Waals surface area contributed by atoms with Gasteiger partial charge in [0, 0.05) is 44.4 Å². The van der Waals surface area contributed by atoms with Crippen molar-refractivity contribution < 1.29 is 14.3 Å². The number of methoxy groups -OCH3 is 1. The van der Waals surface area contributed by atoms with E-state index in [4.69, 9.17) is 0 Å². The molecule has 0 saturated heterocycles. The van der Waals surface area contributed by atoms with Gasteiger partial charge in [0.1, 0.15) is 0 Å². The first kappa shape index (κ1) is 20.7. The highest BCUT2D eigenvalue weighted by Crippen LogP contribution is 2.27. The van der Waals surface area contributed by atoms with E-state index in [1.807, 2.05) is 26.0 Å². The zero-order valence-corrected chi connectivity index (χ0v) is 15.8. The van der Waals surface area contributed by atoms with Gasteiger partial charge in [0.05, 0.1) is 13.1 Å². The number of fused-ring (bicyclic) bond motifs is 3. The lowest BCUT2D eigenvalue weighted by Gasteiger charge is -2.28. The van der Waals surface area contributed by atoms with Gasteiger partial charge in [-0.05, 0) is 18.1 Å². The van der Waals surface area contributed by atoms with Crippen molar-refractivity contribution in [3.63, 3.8) is 0 Å². The van der Waals surface area contributed by atoms with Crippen LogP contribution < -0.4 is 0 Å². The van der Waals surface area contributed by atoms with E-state index in [-0.39, 0.29) is 12.5 Å². The molecule has 0 saturated carbocycles. The van der Waals surface area contributed by atoms with Gasteiger partial charge in [-0.1, -0.05) is 32.0 Å². The number of ether oxygens (including phenoxy) is 1. The highest BCUT2D eigenvalue weighted by molar-refractivity contribution is 5.86. The number of amides is 2. The third kappa shape index (κ3) is 5.32. The van der Waals surface area contributed by atoms with Crippen LogP contribution in [0.1, 0.15) is 25.1 Å². The van der Waals surface area contributed by atoms with Gasteiger partial charge in [-0.25, -0.2) is 0 Å². The molecule has 1 aromatic heterocycles. The molecule has 3 rings (SSSR count). The van der Waals surface area contributed by atoms with Crippen molar-refractivity contribution in [3.05, 3.63) is 35.5 Å². The summed E-state index contributed by atoms with van der Waals surface area (Å²) in [7, 11) is 4.86. The monoisotopic (exact) mass is 347 g/mol. The van der Waals surface area contributed by atoms with Crippen molar-refractivity contribution >= 4 is 23.2 Å². The number of nitrogens with zero attached hydrogens (tertiary/aromatic N) is 2. The number of carbonyl (C=O) groups is 2. The Morgan fingerprint density at radius 3 is 2.60 bits per heavy atom. The van der Waals surface area contributed by atoms with Gasteiger partial charge in [0.25, 0.3) is 0 Å². The predicted octanol–water partition coefficient (Wildman–Crippen LogP) is 2.43. The summed E-state index contributed by atoms with van der Waals surface area (Å²) in [4.78, 5) is 29.3. The Hall–Kier alpha value is -2.34. The molecule has 6 heteroatoms. The van der Waals surface area contributed by atoms with Crippen LogP contribution in [0.4, 0.5) is 0 Å². The van der Waals surface area contributed by atoms with Gasteiger partial charge in [0.2, 0.25) is 12.3 Å². The van der Waals surface area contributed by atoms with E-state index in [0.29, 0.717) is 19.5 Å². The average Bonchev–Trinajstić information content (AvgIpc) is 3.01. The summed E-state index contributed by atoms with van der Waals surface area (Å²) in [5.74, 6) is -0.0103. The predicted molar refractivity (Wildman–Crippen MR) is 100 cm³/mol. The molecule has 0 bridgehead atoms. The lowest BCUT2D eigenvalue weighted by Crippen LogP contribution is -2.41. The Morgan fingerprint density at radius 1 is 1.32 bits per heavy atom. The molecular formula is C19H29N3O3. The number of aromatic nitrogens is 1. The maximum absolute atomic E-state index is 12.1. The van der Waals surface area contributed by atoms with E-state index >= 15 is 0 Å². The number of H-pyrrole nitrogens is 1. The molecule has 1 aromatic carbocycles. The second kappa shape index (κ2) is 10.5. The van der Waals surface area contributed by atoms with Crippen LogP contribution in [0.5, 0.6) is 0 Å². The van der Waals surface area contributed by atoms with Crippen LogP contribution in [0.15, 0.2) is 24.3 Å². The van der Waals surface area contributed by atoms with Crippen molar-refractivity contribution in [1.82, 2.24) is 14.8 Å². The molecule has 0 spiro atoms. The summed E-state index contributed by atoms with van der Waals surface area (Å²) in [5.41, 5.74) is 3.55. The second-order valence-corrected chi connectivity index (χ2v) is 5.62. The third-order valence-electron chi connectivity index (χ3n) is 3.80. The molecule has 2 heterocycles. The van der Waals surface area contributed by atoms with Crippen molar-refractivity contribution in [2.24, 2.45) is 0 Å². The fourth-order valence-corrected chi connectivity index (χ4v) is 2.76. The van der Waals surface area contributed by atoms with Crippen LogP contribution >= 0.6 is 0 Å². The van der Waals surface area contributed by atoms with Crippen LogP contribution in [-0.2, 0) is 27.3 Å². The minimum absolute atomic E-state index is 0.0103. The summed E-state index contributed by atoms with van der Waals surface area (Å²) in [6.45, 7) is 5.44. The molecule has 138 valence electrons. The van der Waals surface area contributed by atoms with Gasteiger partial charge in [-0.15, -0.1) is 0 Å². The maximum atomic E-state index is 12.1. The van der Waals surface area contributed by atoms with Crippen LogP contribution in [0.25, 0.3) is 10.9 Å². The van der Waals surface area contributed by atoms with Crippen LogP contribution in [0, 0.1) is 0 Å². The summed E-state index contributed by atoms with van der Waals surface area (Å²) < 4.78 is 4.25. The van der Waals surface area contributed by atoms with E-state index in [1.165, 1.54) is 15.8 Å². The third-order valence-corrected chi connectivity index (χ3v) is 3.80. The number of nitrogens with one attached hydrogen (secondary N) is 1. The zero-order chi connectivity index (χ0) is 18.8. The van der Waals surface area contributed by atoms with E-state index in [0.717, 1.165) is 17.6 Å². The quantitative estimate of drug-likeness (QED) is 0.867. The number of aromatic amines is 1. The topological polar surface area (TPSA) is 65.6 Å². The molecule has 2 aromatic rings. The van der Waals surface area contributed by atoms with E-state index in [2.05, 4.69) is 21.9 Å². The van der Waals surface area contributed by atoms with Crippen molar-refractivity contribution in [2.75, 3.05) is 34.4 Å². The van der Waals surface area contributed by atoms with Gasteiger partial charge in [-0.3, -0.25) is 9.59 Å². The molecule has 1 aliphatic rings. The first-order valence-corrected chi connectivity index (χ1v) is 8.52. The van der Waals surface area contributed by atoms with Crippen LogP contribution in [0.3, 0.4) is 0 Å². The average molecular weight is 347 g/mol. The Bertz CT molecular complexity index is 682. The molecule has 1 N–H and O–H groups in total. The minimum atomic E-state index is -0.0103. The Kier molecular flexibility index (Phi) is 8.70. The second-order valence-electron chi connectivity index (χ2n) is 5.62. The van der Waals surface area contributed by atoms with E-state index < -0.39 is 0 Å². The van der Waals surface area contributed by atoms with Crippen LogP contribution in [-0.4, -0.2) is 61.5 Å². The Labute approximate surface area is 149 Å². The van der Waals surface area contributed by atoms with Crippen molar-refractivity contribution in [2.45, 2.75) is 26.8 Å². The normalized spacial score (nSPS) is 12.3. The summed E-state index contributed by atoms with van der Waals surface area (Å²) in [6.07, 6.45) is 1.53. The fourth-order valence-electron chi connectivity index (χ4n) is 2.76. The van der Waals surface area contributed by atoms with Crippen molar-refractivity contribution in [3.8, 4) is 0 Å². The lowest BCUT2D eigenvalue weighted by molar-refractivity contribution is -0.135. The van der Waals surface area contributed by atoms with Gasteiger partial charge in [-0.2, -0.15) is 0 Å². The zero-order valence-electron chi connectivity index (χ0n) is 15.8. The molecule has 2 amide bonds. The molecule has 0 unspecified atom stereocenters. The minimum Gasteiger partial charge on any atom is -0.388 e. The number of benzene rings is 1. The van der Waals surface area contributed by atoms with Crippen LogP contribution in [0.2, 0.25) is 0 Å². The first-order chi connectivity index (χ1) is 12.1. The van der Waals surface area contributed by atoms with Gasteiger partial charge < -0.3 is 19.5 Å². The standard InChI is InChI=1S/C15H17N3O2.C2H6O.C2H6/c1-17(10-19)9-15(20)18-7-6-12-11-4-2-3-5-13(11)16-14(12)8-18;1-3-2;1-2/h2-5,10,16H,6-9H2,1H3;1-2H3;1-2H3. The summed E-state index contributed by atoms with van der Waals surface area (Å²) in [6, 6.07) is 8.21. The first-order valence-electron chi connectivity index (χ1n) is 8.52. The Balaban J connectivity index is 0.000000567. The molecule has 0 radical (unpaired) electrons. The number of hydrogen-bond donors (Lipinski definition) is 1. The Morgan fingerprint density at radius 2 is 1.96 bits per heavy atom. The van der Waals surface area contributed by atoms with Gasteiger partial charge >= 0.3 is 0 Å². The molecule has 1 aliphatic heterocycles. The number of hydrogen-bond acceptors (Lipinski definition) is 3. The highest BCUT2D eigenvalue weighted by atomic mass is 16.4. The number of para-hydroxylation sites is 1. The lowest BCUT2D eigenvalue weighted by atomic mass is 10.0.